The van der Waals surface area contributed by atoms with Crippen molar-refractivity contribution in [2.24, 2.45) is 0 Å². The lowest BCUT2D eigenvalue weighted by atomic mass is 10.2. The van der Waals surface area contributed by atoms with Gasteiger partial charge in [-0.25, -0.2) is 4.98 Å². The molecule has 0 saturated heterocycles. The maximum absolute atomic E-state index is 11.5. The number of rotatable bonds is 7. The van der Waals surface area contributed by atoms with E-state index in [1.165, 1.54) is 0 Å². The number of hydrogen-bond donors (Lipinski definition) is 1. The molecule has 1 heterocycles. The van der Waals surface area contributed by atoms with E-state index in [1.807, 2.05) is 6.92 Å². The van der Waals surface area contributed by atoms with Crippen LogP contribution in [0.15, 0.2) is 18.7 Å². The van der Waals surface area contributed by atoms with Gasteiger partial charge in [-0.05, 0) is 6.42 Å². The average molecular weight is 313 g/mol. The summed E-state index contributed by atoms with van der Waals surface area (Å²) in [5.74, 6) is -0.145. The minimum absolute atomic E-state index is 0.145. The highest BCUT2D eigenvalue weighted by Crippen LogP contribution is 2.30. The third kappa shape index (κ3) is 5.04. The molecule has 1 atom stereocenters. The van der Waals surface area contributed by atoms with Crippen LogP contribution in [0.2, 0.25) is 0 Å². The van der Waals surface area contributed by atoms with Crippen molar-refractivity contribution in [1.82, 2.24) is 14.9 Å². The van der Waals surface area contributed by atoms with E-state index < -0.39 is 9.83 Å². The van der Waals surface area contributed by atoms with Crippen molar-refractivity contribution in [1.29, 1.82) is 0 Å². The molecule has 0 bridgehead atoms. The third-order valence-electron chi connectivity index (χ3n) is 2.37. The van der Waals surface area contributed by atoms with Gasteiger partial charge in [-0.3, -0.25) is 4.79 Å². The number of imidazole rings is 1. The second kappa shape index (κ2) is 7.22. The Morgan fingerprint density at radius 2 is 2.28 bits per heavy atom. The lowest BCUT2D eigenvalue weighted by Gasteiger charge is -2.26. The molecular weight excluding hydrogens is 297 g/mol. The van der Waals surface area contributed by atoms with Crippen LogP contribution < -0.4 is 5.32 Å². The molecule has 1 N–H and O–H groups in total. The summed E-state index contributed by atoms with van der Waals surface area (Å²) in [6.07, 6.45) is 7.11. The monoisotopic (exact) mass is 311 g/mol. The van der Waals surface area contributed by atoms with Crippen molar-refractivity contribution in [3.05, 3.63) is 18.7 Å². The molecule has 1 aromatic heterocycles. The van der Waals surface area contributed by atoms with Crippen LogP contribution in [0.3, 0.4) is 0 Å². The molecule has 0 spiro atoms. The minimum atomic E-state index is -1.29. The zero-order valence-electron chi connectivity index (χ0n) is 10.1. The molecular formula is C11H16Cl3N3O. The molecule has 1 rings (SSSR count). The van der Waals surface area contributed by atoms with Gasteiger partial charge in [0.05, 0.1) is 12.9 Å². The molecule has 0 aliphatic heterocycles. The average Bonchev–Trinajstić information content (AvgIpc) is 2.78. The maximum Gasteiger partial charge on any atom is 0.221 e. The number of halogens is 3. The summed E-state index contributed by atoms with van der Waals surface area (Å²) < 4.78 is 0.414. The number of carbonyl (C=O) groups excluding carboxylic acids is 1. The predicted octanol–water partition coefficient (Wildman–Crippen LogP) is 2.93. The first-order chi connectivity index (χ1) is 8.45. The fourth-order valence-electron chi connectivity index (χ4n) is 1.36. The molecule has 18 heavy (non-hydrogen) atoms. The Kier molecular flexibility index (Phi) is 6.26. The van der Waals surface area contributed by atoms with Crippen LogP contribution in [0.1, 0.15) is 26.2 Å². The van der Waals surface area contributed by atoms with Gasteiger partial charge in [-0.15, -0.1) is 0 Å². The van der Waals surface area contributed by atoms with Gasteiger partial charge in [0.1, 0.15) is 5.50 Å². The van der Waals surface area contributed by atoms with E-state index in [-0.39, 0.29) is 12.5 Å². The Hall–Kier alpha value is -0.450. The topological polar surface area (TPSA) is 46.9 Å². The van der Waals surface area contributed by atoms with Gasteiger partial charge in [0, 0.05) is 18.8 Å². The lowest BCUT2D eigenvalue weighted by Crippen LogP contribution is -2.44. The number of alkyl halides is 3. The summed E-state index contributed by atoms with van der Waals surface area (Å²) in [5, 5.41) is 2.60. The molecule has 0 aliphatic rings. The summed E-state index contributed by atoms with van der Waals surface area (Å²) in [6, 6.07) is 0. The number of carbonyl (C=O) groups is 1. The van der Waals surface area contributed by atoms with Crippen molar-refractivity contribution >= 4 is 40.7 Å². The van der Waals surface area contributed by atoms with Crippen molar-refractivity contribution in [2.45, 2.75) is 42.6 Å². The van der Waals surface area contributed by atoms with E-state index in [1.54, 1.807) is 23.3 Å². The molecule has 0 radical (unpaired) electrons. The Balaban J connectivity index is 2.48. The van der Waals surface area contributed by atoms with Gasteiger partial charge in [0.2, 0.25) is 5.91 Å². The molecule has 102 valence electrons. The van der Waals surface area contributed by atoms with Gasteiger partial charge in [-0.2, -0.15) is 0 Å². The second-order valence-corrected chi connectivity index (χ2v) is 6.01. The summed E-state index contributed by atoms with van der Waals surface area (Å²) in [5.41, 5.74) is -0.854. The number of hydrogen-bond acceptors (Lipinski definition) is 2. The van der Waals surface area contributed by atoms with Gasteiger partial charge < -0.3 is 9.88 Å². The summed E-state index contributed by atoms with van der Waals surface area (Å²) in [7, 11) is 0. The normalized spacial score (nSPS) is 13.3. The Labute approximate surface area is 122 Å². The van der Waals surface area contributed by atoms with Crippen molar-refractivity contribution in [3.8, 4) is 0 Å². The van der Waals surface area contributed by atoms with Crippen molar-refractivity contribution in [2.75, 3.05) is 0 Å². The van der Waals surface area contributed by atoms with E-state index in [4.69, 9.17) is 34.8 Å². The lowest BCUT2D eigenvalue weighted by molar-refractivity contribution is -0.121. The second-order valence-electron chi connectivity index (χ2n) is 4.03. The highest BCUT2D eigenvalue weighted by molar-refractivity contribution is 6.52. The number of amides is 1. The van der Waals surface area contributed by atoms with Crippen molar-refractivity contribution < 1.29 is 4.79 Å². The van der Waals surface area contributed by atoms with Gasteiger partial charge in [-0.1, -0.05) is 48.1 Å². The molecule has 4 nitrogen and oxygen atoms in total. The van der Waals surface area contributed by atoms with Gasteiger partial charge >= 0.3 is 0 Å². The van der Waals surface area contributed by atoms with Crippen molar-refractivity contribution in [3.63, 3.8) is 0 Å². The highest BCUT2D eigenvalue weighted by Gasteiger charge is 2.35. The fourth-order valence-corrected chi connectivity index (χ4v) is 1.94. The first-order valence-corrected chi connectivity index (χ1v) is 6.92. The van der Waals surface area contributed by atoms with Crippen LogP contribution >= 0.6 is 34.8 Å². The van der Waals surface area contributed by atoms with Crippen LogP contribution in [0.5, 0.6) is 0 Å². The molecule has 0 fully saturated rings. The quantitative estimate of drug-likeness (QED) is 0.621. The third-order valence-corrected chi connectivity index (χ3v) is 3.75. The van der Waals surface area contributed by atoms with E-state index >= 15 is 0 Å². The SMILES string of the molecule is CCCCC(=O)NC(Cl)C(Cl)(Cl)Cn1ccnc1. The number of nitrogens with zero attached hydrogens (tertiary/aromatic N) is 2. The van der Waals surface area contributed by atoms with Crippen LogP contribution in [0.4, 0.5) is 0 Å². The number of unbranched alkanes of at least 4 members (excludes halogenated alkanes) is 1. The highest BCUT2D eigenvalue weighted by atomic mass is 35.5. The Morgan fingerprint density at radius 1 is 1.56 bits per heavy atom. The summed E-state index contributed by atoms with van der Waals surface area (Å²) in [4.78, 5) is 15.4. The number of aromatic nitrogens is 2. The molecule has 0 aromatic carbocycles. The summed E-state index contributed by atoms with van der Waals surface area (Å²) in [6.45, 7) is 2.26. The van der Waals surface area contributed by atoms with E-state index in [0.717, 1.165) is 12.8 Å². The zero-order valence-corrected chi connectivity index (χ0v) is 12.3. The maximum atomic E-state index is 11.5. The summed E-state index contributed by atoms with van der Waals surface area (Å²) >= 11 is 18.3. The largest absolute Gasteiger partial charge is 0.337 e. The van der Waals surface area contributed by atoms with Gasteiger partial charge in [0.15, 0.2) is 4.33 Å². The smallest absolute Gasteiger partial charge is 0.221 e. The first-order valence-electron chi connectivity index (χ1n) is 5.72. The molecule has 1 unspecified atom stereocenters. The van der Waals surface area contributed by atoms with E-state index in [0.29, 0.717) is 6.42 Å². The van der Waals surface area contributed by atoms with Crippen LogP contribution in [-0.2, 0) is 11.3 Å². The molecule has 1 aromatic rings. The standard InChI is InChI=1S/C11H16Cl3N3O/c1-2-3-4-9(18)16-10(12)11(13,14)7-17-6-5-15-8-17/h5-6,8,10H,2-4,7H2,1H3,(H,16,18). The zero-order chi connectivity index (χ0) is 13.6. The Bertz CT molecular complexity index is 368. The Morgan fingerprint density at radius 3 is 2.83 bits per heavy atom. The molecule has 0 aliphatic carbocycles. The van der Waals surface area contributed by atoms with Crippen LogP contribution in [-0.4, -0.2) is 25.3 Å². The minimum Gasteiger partial charge on any atom is -0.337 e. The molecule has 7 heteroatoms. The van der Waals surface area contributed by atoms with Crippen LogP contribution in [0.25, 0.3) is 0 Å². The molecule has 0 saturated carbocycles. The first kappa shape index (κ1) is 15.6. The fraction of sp³-hybridized carbons (Fsp3) is 0.636. The van der Waals surface area contributed by atoms with Crippen LogP contribution in [0, 0.1) is 0 Å². The van der Waals surface area contributed by atoms with E-state index in [2.05, 4.69) is 10.3 Å². The van der Waals surface area contributed by atoms with E-state index in [9.17, 15) is 4.79 Å². The van der Waals surface area contributed by atoms with Gasteiger partial charge in [0.25, 0.3) is 0 Å². The number of nitrogens with one attached hydrogen (secondary N) is 1. The molecule has 1 amide bonds. The predicted molar refractivity (Wildman–Crippen MR) is 74.0 cm³/mol.